The van der Waals surface area contributed by atoms with Crippen LogP contribution in [-0.4, -0.2) is 10.7 Å². The van der Waals surface area contributed by atoms with Crippen molar-refractivity contribution in [1.82, 2.24) is 5.01 Å². The Morgan fingerprint density at radius 3 is 2.68 bits per heavy atom. The number of fused-ring (bicyclic) bond motifs is 3. The fourth-order valence-corrected chi connectivity index (χ4v) is 4.21. The molecule has 2 aliphatic rings. The van der Waals surface area contributed by atoms with Crippen LogP contribution in [0.15, 0.2) is 71.1 Å². The molecule has 0 saturated carbocycles. The van der Waals surface area contributed by atoms with Crippen LogP contribution in [0.5, 0.6) is 5.75 Å². The average molecular weight is 350 g/mol. The number of ether oxygens (including phenoxy) is 1. The molecule has 0 N–H and O–H groups in total. The number of rotatable bonds is 2. The molecule has 5 rings (SSSR count). The van der Waals surface area contributed by atoms with Gasteiger partial charge in [-0.3, -0.25) is 0 Å². The standard InChI is InChI=1S/C20H15FN2OS/c21-14-9-7-13(8-10-14)16-12-17-15-4-1-2-5-18(15)24-20(23(17)22-16)19-6-3-11-25-19/h1-11,17,20H,12H2/t17-,20-/m1/s1. The van der Waals surface area contributed by atoms with Gasteiger partial charge >= 0.3 is 0 Å². The van der Waals surface area contributed by atoms with Gasteiger partial charge in [-0.2, -0.15) is 5.10 Å². The van der Waals surface area contributed by atoms with Crippen molar-refractivity contribution in [2.24, 2.45) is 5.10 Å². The largest absolute Gasteiger partial charge is 0.464 e. The third-order valence-corrected chi connectivity index (χ3v) is 5.57. The molecule has 0 amide bonds. The molecule has 0 saturated heterocycles. The molecule has 0 radical (unpaired) electrons. The molecule has 2 aromatic carbocycles. The topological polar surface area (TPSA) is 24.8 Å². The maximum Gasteiger partial charge on any atom is 0.222 e. The Kier molecular flexibility index (Phi) is 3.35. The van der Waals surface area contributed by atoms with Crippen molar-refractivity contribution < 1.29 is 9.13 Å². The second-order valence-corrected chi connectivity index (χ2v) is 7.16. The Balaban J connectivity index is 1.59. The van der Waals surface area contributed by atoms with E-state index in [-0.39, 0.29) is 18.1 Å². The van der Waals surface area contributed by atoms with Crippen LogP contribution in [0.4, 0.5) is 4.39 Å². The Morgan fingerprint density at radius 2 is 1.88 bits per heavy atom. The second-order valence-electron chi connectivity index (χ2n) is 6.18. The van der Waals surface area contributed by atoms with Gasteiger partial charge in [-0.05, 0) is 35.2 Å². The summed E-state index contributed by atoms with van der Waals surface area (Å²) in [6.07, 6.45) is 0.561. The highest BCUT2D eigenvalue weighted by molar-refractivity contribution is 7.10. The van der Waals surface area contributed by atoms with E-state index >= 15 is 0 Å². The molecule has 0 bridgehead atoms. The lowest BCUT2D eigenvalue weighted by molar-refractivity contribution is -0.0165. The molecule has 25 heavy (non-hydrogen) atoms. The van der Waals surface area contributed by atoms with Gasteiger partial charge in [0.25, 0.3) is 0 Å². The van der Waals surface area contributed by atoms with Crippen molar-refractivity contribution in [1.29, 1.82) is 0 Å². The Hall–Kier alpha value is -2.66. The number of thiophene rings is 1. The first-order valence-electron chi connectivity index (χ1n) is 8.20. The third-order valence-electron chi connectivity index (χ3n) is 4.66. The summed E-state index contributed by atoms with van der Waals surface area (Å²) in [5.74, 6) is 0.683. The second kappa shape index (κ2) is 5.70. The van der Waals surface area contributed by atoms with Crippen molar-refractivity contribution >= 4 is 17.0 Å². The van der Waals surface area contributed by atoms with Crippen LogP contribution in [0.25, 0.3) is 0 Å². The summed E-state index contributed by atoms with van der Waals surface area (Å²) >= 11 is 1.67. The fraction of sp³-hybridized carbons (Fsp3) is 0.150. The normalized spacial score (nSPS) is 21.3. The van der Waals surface area contributed by atoms with Crippen LogP contribution < -0.4 is 4.74 Å². The van der Waals surface area contributed by atoms with Crippen molar-refractivity contribution in [3.05, 3.63) is 87.9 Å². The summed E-state index contributed by atoms with van der Waals surface area (Å²) in [5.41, 5.74) is 3.07. The third kappa shape index (κ3) is 2.43. The highest BCUT2D eigenvalue weighted by Crippen LogP contribution is 2.47. The Bertz CT molecular complexity index is 937. The summed E-state index contributed by atoms with van der Waals surface area (Å²) < 4.78 is 19.5. The zero-order chi connectivity index (χ0) is 16.8. The number of benzene rings is 2. The minimum atomic E-state index is -0.231. The van der Waals surface area contributed by atoms with E-state index in [9.17, 15) is 4.39 Å². The summed E-state index contributed by atoms with van der Waals surface area (Å²) in [6.45, 7) is 0. The number of hydrogen-bond donors (Lipinski definition) is 0. The molecule has 0 unspecified atom stereocenters. The number of hydrazone groups is 1. The van der Waals surface area contributed by atoms with Crippen LogP contribution in [-0.2, 0) is 0 Å². The molecule has 2 atom stereocenters. The maximum absolute atomic E-state index is 13.2. The molecule has 3 heterocycles. The minimum absolute atomic E-state index is 0.136. The first-order valence-corrected chi connectivity index (χ1v) is 9.08. The Labute approximate surface area is 149 Å². The molecule has 2 aliphatic heterocycles. The number of hydrogen-bond acceptors (Lipinski definition) is 4. The fourth-order valence-electron chi connectivity index (χ4n) is 3.47. The first kappa shape index (κ1) is 14.7. The molecule has 3 aromatic rings. The van der Waals surface area contributed by atoms with Gasteiger partial charge < -0.3 is 4.74 Å². The molecule has 0 fully saturated rings. The first-order chi connectivity index (χ1) is 12.3. The van der Waals surface area contributed by atoms with E-state index in [1.165, 1.54) is 12.1 Å². The predicted molar refractivity (Wildman–Crippen MR) is 96.3 cm³/mol. The molecule has 1 aromatic heterocycles. The van der Waals surface area contributed by atoms with E-state index < -0.39 is 0 Å². The highest BCUT2D eigenvalue weighted by Gasteiger charge is 2.41. The van der Waals surface area contributed by atoms with E-state index in [1.54, 1.807) is 23.5 Å². The summed E-state index contributed by atoms with van der Waals surface area (Å²) in [5, 5.41) is 8.95. The monoisotopic (exact) mass is 350 g/mol. The lowest BCUT2D eigenvalue weighted by Gasteiger charge is -2.37. The smallest absolute Gasteiger partial charge is 0.222 e. The van der Waals surface area contributed by atoms with Crippen molar-refractivity contribution in [2.45, 2.75) is 18.7 Å². The maximum atomic E-state index is 13.2. The van der Waals surface area contributed by atoms with Crippen molar-refractivity contribution in [3.8, 4) is 5.75 Å². The van der Waals surface area contributed by atoms with Crippen molar-refractivity contribution in [3.63, 3.8) is 0 Å². The SMILES string of the molecule is Fc1ccc(C2=NN3[C@H](C2)c2ccccc2O[C@@H]3c2cccs2)cc1. The average Bonchev–Trinajstić information content (AvgIpc) is 3.32. The summed E-state index contributed by atoms with van der Waals surface area (Å²) in [6, 6.07) is 18.9. The predicted octanol–water partition coefficient (Wildman–Crippen LogP) is 5.13. The number of halogens is 1. The van der Waals surface area contributed by atoms with Crippen LogP contribution in [0.3, 0.4) is 0 Å². The van der Waals surface area contributed by atoms with E-state index in [1.807, 2.05) is 29.3 Å². The van der Waals surface area contributed by atoms with Gasteiger partial charge in [0, 0.05) is 12.0 Å². The van der Waals surface area contributed by atoms with Gasteiger partial charge in [-0.15, -0.1) is 11.3 Å². The van der Waals surface area contributed by atoms with Crippen LogP contribution in [0, 0.1) is 5.82 Å². The molecule has 124 valence electrons. The minimum Gasteiger partial charge on any atom is -0.464 e. The van der Waals surface area contributed by atoms with Gasteiger partial charge in [0.2, 0.25) is 6.23 Å². The molecule has 3 nitrogen and oxygen atoms in total. The molecule has 0 aliphatic carbocycles. The van der Waals surface area contributed by atoms with Gasteiger partial charge in [-0.25, -0.2) is 9.40 Å². The van der Waals surface area contributed by atoms with E-state index in [2.05, 4.69) is 17.5 Å². The van der Waals surface area contributed by atoms with Crippen LogP contribution in [0.1, 0.15) is 34.7 Å². The Morgan fingerprint density at radius 1 is 1.04 bits per heavy atom. The van der Waals surface area contributed by atoms with Crippen molar-refractivity contribution in [2.75, 3.05) is 0 Å². The zero-order valence-electron chi connectivity index (χ0n) is 13.3. The lowest BCUT2D eigenvalue weighted by atomic mass is 9.96. The van der Waals surface area contributed by atoms with Gasteiger partial charge in [0.15, 0.2) is 0 Å². The lowest BCUT2D eigenvalue weighted by Crippen LogP contribution is -2.33. The quantitative estimate of drug-likeness (QED) is 0.640. The van der Waals surface area contributed by atoms with Gasteiger partial charge in [-0.1, -0.05) is 36.4 Å². The van der Waals surface area contributed by atoms with E-state index in [4.69, 9.17) is 9.84 Å². The van der Waals surface area contributed by atoms with Crippen LogP contribution in [0.2, 0.25) is 0 Å². The molecular weight excluding hydrogens is 335 g/mol. The summed E-state index contributed by atoms with van der Waals surface area (Å²) in [7, 11) is 0. The van der Waals surface area contributed by atoms with Crippen LogP contribution >= 0.6 is 11.3 Å². The molecular formula is C20H15FN2OS. The number of nitrogens with zero attached hydrogens (tertiary/aromatic N) is 2. The van der Waals surface area contributed by atoms with E-state index in [0.29, 0.717) is 0 Å². The highest BCUT2D eigenvalue weighted by atomic mass is 32.1. The zero-order valence-corrected chi connectivity index (χ0v) is 14.1. The number of para-hydroxylation sites is 1. The van der Waals surface area contributed by atoms with E-state index in [0.717, 1.165) is 33.9 Å². The van der Waals surface area contributed by atoms with Gasteiger partial charge in [0.1, 0.15) is 11.6 Å². The molecule has 5 heteroatoms. The summed E-state index contributed by atoms with van der Waals surface area (Å²) in [4.78, 5) is 1.13. The molecule has 0 spiro atoms. The van der Waals surface area contributed by atoms with Gasteiger partial charge in [0.05, 0.1) is 16.6 Å².